The Kier molecular flexibility index (Phi) is 24.5. The summed E-state index contributed by atoms with van der Waals surface area (Å²) in [5.41, 5.74) is 0. The van der Waals surface area contributed by atoms with Crippen LogP contribution in [0, 0.1) is 5.92 Å². The fourth-order valence-electron chi connectivity index (χ4n) is 4.58. The van der Waals surface area contributed by atoms with Crippen molar-refractivity contribution in [2.45, 2.75) is 52.1 Å². The highest BCUT2D eigenvalue weighted by atomic mass is 16.7. The van der Waals surface area contributed by atoms with Gasteiger partial charge in [0.25, 0.3) is 23.6 Å². The quantitative estimate of drug-likeness (QED) is 0.0580. The summed E-state index contributed by atoms with van der Waals surface area (Å²) >= 11 is 0. The zero-order valence-electron chi connectivity index (χ0n) is 32.0. The molecule has 0 spiro atoms. The predicted octanol–water partition coefficient (Wildman–Crippen LogP) is -1.31. The Morgan fingerprint density at radius 1 is 0.582 bits per heavy atom. The fourth-order valence-corrected chi connectivity index (χ4v) is 4.58. The summed E-state index contributed by atoms with van der Waals surface area (Å²) in [7, 11) is 0. The molecule has 2 atom stereocenters. The minimum atomic E-state index is -1.17. The predicted molar refractivity (Wildman–Crippen MR) is 189 cm³/mol. The Balaban J connectivity index is 1.31. The van der Waals surface area contributed by atoms with Gasteiger partial charge in [-0.2, -0.15) is 0 Å². The second kappa shape index (κ2) is 28.5. The summed E-state index contributed by atoms with van der Waals surface area (Å²) in [6.07, 6.45) is 2.38. The Bertz CT molecular complexity index is 1210. The summed E-state index contributed by atoms with van der Waals surface area (Å²) < 4.78 is 43.4. The van der Waals surface area contributed by atoms with Gasteiger partial charge in [0.05, 0.1) is 112 Å². The van der Waals surface area contributed by atoms with Crippen molar-refractivity contribution in [1.29, 1.82) is 0 Å². The van der Waals surface area contributed by atoms with Crippen LogP contribution < -0.4 is 10.6 Å². The minimum absolute atomic E-state index is 0.000364. The zero-order valence-corrected chi connectivity index (χ0v) is 32.0. The molecule has 1 fully saturated rings. The van der Waals surface area contributed by atoms with E-state index in [9.17, 15) is 33.6 Å². The number of carbonyl (C=O) groups excluding carboxylic acids is 7. The lowest BCUT2D eigenvalue weighted by atomic mass is 10.0. The van der Waals surface area contributed by atoms with Crippen molar-refractivity contribution in [3.8, 4) is 0 Å². The van der Waals surface area contributed by atoms with E-state index in [4.69, 9.17) is 42.7 Å². The van der Waals surface area contributed by atoms with Crippen LogP contribution in [0.25, 0.3) is 0 Å². The van der Waals surface area contributed by atoms with E-state index in [0.717, 1.165) is 4.90 Å². The van der Waals surface area contributed by atoms with E-state index in [0.29, 0.717) is 91.0 Å². The highest BCUT2D eigenvalue weighted by Gasteiger charge is 2.35. The maximum atomic E-state index is 12.7. The fraction of sp³-hybridized carbons (Fsp3) is 0.743. The maximum absolute atomic E-state index is 12.7. The van der Waals surface area contributed by atoms with Gasteiger partial charge in [-0.1, -0.05) is 13.8 Å². The zero-order chi connectivity index (χ0) is 40.3. The summed E-state index contributed by atoms with van der Waals surface area (Å²) in [6.45, 7) is 10.7. The van der Waals surface area contributed by atoms with Gasteiger partial charge in [-0.3, -0.25) is 33.7 Å². The third kappa shape index (κ3) is 20.6. The monoisotopic (exact) mass is 788 g/mol. The van der Waals surface area contributed by atoms with E-state index in [1.807, 2.05) is 0 Å². The Morgan fingerprint density at radius 3 is 1.36 bits per heavy atom. The standard InChI is InChI=1S/C35H56N4O16/c1-26(2)33(34(45)36-27(3)35(46)55-39-31(43)6-7-32(39)44)37-28(40)8-10-47-12-14-49-16-18-51-20-22-53-24-25-54-23-21-52-19-17-50-15-13-48-11-9-38-29(41)4-5-30(38)42/h4-5,26-27,33H,6-25H2,1-3H3,(H,36,45)(H,37,40)/t27-,33-/m0/s1. The number of hydrogen-bond donors (Lipinski definition) is 2. The molecule has 1 saturated heterocycles. The number of hydrogen-bond acceptors (Lipinski definition) is 16. The van der Waals surface area contributed by atoms with E-state index >= 15 is 0 Å². The molecule has 0 aromatic carbocycles. The number of imide groups is 2. The first kappa shape index (κ1) is 47.3. The van der Waals surface area contributed by atoms with Crippen molar-refractivity contribution in [3.05, 3.63) is 12.2 Å². The summed E-state index contributed by atoms with van der Waals surface area (Å²) in [6, 6.07) is -2.11. The summed E-state index contributed by atoms with van der Waals surface area (Å²) in [5, 5.41) is 5.48. The summed E-state index contributed by atoms with van der Waals surface area (Å²) in [4.78, 5) is 89.5. The van der Waals surface area contributed by atoms with Gasteiger partial charge in [0.15, 0.2) is 0 Å². The van der Waals surface area contributed by atoms with Crippen molar-refractivity contribution in [2.75, 3.05) is 112 Å². The van der Waals surface area contributed by atoms with Crippen LogP contribution in [0.3, 0.4) is 0 Å². The van der Waals surface area contributed by atoms with Gasteiger partial charge in [-0.05, 0) is 12.8 Å². The Labute approximate surface area is 320 Å². The average Bonchev–Trinajstić information content (AvgIpc) is 3.65. The second-order valence-corrected chi connectivity index (χ2v) is 12.3. The molecule has 0 aliphatic carbocycles. The van der Waals surface area contributed by atoms with Gasteiger partial charge in [-0.15, -0.1) is 5.06 Å². The van der Waals surface area contributed by atoms with Crippen LogP contribution >= 0.6 is 0 Å². The van der Waals surface area contributed by atoms with Gasteiger partial charge in [0, 0.05) is 31.4 Å². The van der Waals surface area contributed by atoms with E-state index in [1.54, 1.807) is 13.8 Å². The van der Waals surface area contributed by atoms with Gasteiger partial charge >= 0.3 is 5.97 Å². The number of ether oxygens (including phenoxy) is 8. The number of carbonyl (C=O) groups is 7. The van der Waals surface area contributed by atoms with Gasteiger partial charge in [-0.25, -0.2) is 4.79 Å². The molecule has 2 heterocycles. The molecule has 2 rings (SSSR count). The number of hydroxylamine groups is 2. The normalized spacial score (nSPS) is 15.3. The molecular weight excluding hydrogens is 732 g/mol. The molecule has 312 valence electrons. The topological polar surface area (TPSA) is 233 Å². The van der Waals surface area contributed by atoms with Crippen LogP contribution in [0.4, 0.5) is 0 Å². The molecule has 2 aliphatic rings. The van der Waals surface area contributed by atoms with Crippen molar-refractivity contribution in [2.24, 2.45) is 5.92 Å². The number of nitrogens with zero attached hydrogens (tertiary/aromatic N) is 2. The highest BCUT2D eigenvalue weighted by Crippen LogP contribution is 2.13. The third-order valence-electron chi connectivity index (χ3n) is 7.60. The third-order valence-corrected chi connectivity index (χ3v) is 7.60. The van der Waals surface area contributed by atoms with E-state index in [2.05, 4.69) is 10.6 Å². The van der Waals surface area contributed by atoms with Crippen LogP contribution in [0.5, 0.6) is 0 Å². The molecule has 2 N–H and O–H groups in total. The Hall–Kier alpha value is -3.89. The van der Waals surface area contributed by atoms with Crippen molar-refractivity contribution < 1.29 is 76.3 Å². The van der Waals surface area contributed by atoms with Gasteiger partial charge < -0.3 is 53.4 Å². The van der Waals surface area contributed by atoms with Crippen molar-refractivity contribution in [1.82, 2.24) is 20.6 Å². The van der Waals surface area contributed by atoms with Crippen LogP contribution in [-0.2, 0) is 76.3 Å². The first-order chi connectivity index (χ1) is 26.5. The van der Waals surface area contributed by atoms with Gasteiger partial charge in [0.1, 0.15) is 12.1 Å². The molecule has 0 radical (unpaired) electrons. The molecule has 55 heavy (non-hydrogen) atoms. The SMILES string of the molecule is CC(C)[C@H](NC(=O)CCOCCOCCOCCOCCOCCOCCOCCOCCN1C(=O)C=CC1=O)C(=O)N[C@@H](C)C(=O)ON1C(=O)CCC1=O. The highest BCUT2D eigenvalue weighted by molar-refractivity contribution is 6.12. The molecule has 0 saturated carbocycles. The van der Waals surface area contributed by atoms with E-state index in [-0.39, 0.29) is 63.4 Å². The van der Waals surface area contributed by atoms with Crippen molar-refractivity contribution in [3.63, 3.8) is 0 Å². The summed E-state index contributed by atoms with van der Waals surface area (Å²) in [5.74, 6) is -4.23. The van der Waals surface area contributed by atoms with Crippen LogP contribution in [0.15, 0.2) is 12.2 Å². The first-order valence-corrected chi connectivity index (χ1v) is 18.3. The molecule has 2 aliphatic heterocycles. The number of amides is 6. The first-order valence-electron chi connectivity index (χ1n) is 18.3. The molecule has 0 aromatic rings. The van der Waals surface area contributed by atoms with Crippen LogP contribution in [-0.4, -0.2) is 176 Å². The molecule has 6 amide bonds. The molecule has 20 nitrogen and oxygen atoms in total. The second-order valence-electron chi connectivity index (χ2n) is 12.3. The smallest absolute Gasteiger partial charge is 0.354 e. The Morgan fingerprint density at radius 2 is 0.964 bits per heavy atom. The van der Waals surface area contributed by atoms with Crippen LogP contribution in [0.2, 0.25) is 0 Å². The maximum Gasteiger partial charge on any atom is 0.354 e. The van der Waals surface area contributed by atoms with E-state index in [1.165, 1.54) is 19.1 Å². The van der Waals surface area contributed by atoms with E-state index < -0.39 is 41.7 Å². The molecule has 0 aromatic heterocycles. The lowest BCUT2D eigenvalue weighted by Crippen LogP contribution is -2.53. The minimum Gasteiger partial charge on any atom is -0.379 e. The number of nitrogens with one attached hydrogen (secondary N) is 2. The number of rotatable bonds is 33. The molecule has 0 unspecified atom stereocenters. The van der Waals surface area contributed by atoms with Crippen LogP contribution in [0.1, 0.15) is 40.0 Å². The lowest BCUT2D eigenvalue weighted by molar-refractivity contribution is -0.198. The van der Waals surface area contributed by atoms with Gasteiger partial charge in [0.2, 0.25) is 11.8 Å². The molecule has 0 bridgehead atoms. The molecular formula is C35H56N4O16. The largest absolute Gasteiger partial charge is 0.379 e. The lowest BCUT2D eigenvalue weighted by Gasteiger charge is -2.24. The van der Waals surface area contributed by atoms with Crippen molar-refractivity contribution >= 4 is 41.4 Å². The molecule has 20 heteroatoms. The average molecular weight is 789 g/mol.